The predicted molar refractivity (Wildman–Crippen MR) is 74.0 cm³/mol. The molecule has 1 amide bonds. The summed E-state index contributed by atoms with van der Waals surface area (Å²) in [7, 11) is 4.13. The topological polar surface area (TPSA) is 58.4 Å². The van der Waals surface area contributed by atoms with Crippen LogP contribution in [0.5, 0.6) is 0 Å². The maximum absolute atomic E-state index is 10.9. The van der Waals surface area contributed by atoms with Crippen molar-refractivity contribution in [2.75, 3.05) is 14.1 Å². The molecule has 0 saturated heterocycles. The van der Waals surface area contributed by atoms with Gasteiger partial charge in [0.1, 0.15) is 0 Å². The summed E-state index contributed by atoms with van der Waals surface area (Å²) < 4.78 is 0. The normalized spacial score (nSPS) is 14.5. The smallest absolute Gasteiger partial charge is 0.234 e. The lowest BCUT2D eigenvalue weighted by Crippen LogP contribution is -2.38. The Bertz CT molecular complexity index is 387. The average molecular weight is 249 g/mol. The van der Waals surface area contributed by atoms with E-state index >= 15 is 0 Å². The number of benzene rings is 1. The van der Waals surface area contributed by atoms with Crippen molar-refractivity contribution >= 4 is 5.91 Å². The van der Waals surface area contributed by atoms with Crippen LogP contribution >= 0.6 is 0 Å². The first kappa shape index (κ1) is 14.7. The fourth-order valence-electron chi connectivity index (χ4n) is 1.58. The molecule has 1 aromatic rings. The van der Waals surface area contributed by atoms with Crippen molar-refractivity contribution in [2.45, 2.75) is 32.5 Å². The van der Waals surface area contributed by atoms with E-state index in [0.717, 1.165) is 5.56 Å². The molecule has 4 nitrogen and oxygen atoms in total. The van der Waals surface area contributed by atoms with Gasteiger partial charge in [0.2, 0.25) is 5.91 Å². The van der Waals surface area contributed by atoms with E-state index in [9.17, 15) is 4.79 Å². The molecule has 2 atom stereocenters. The highest BCUT2D eigenvalue weighted by Gasteiger charge is 2.09. The molecule has 100 valence electrons. The minimum absolute atomic E-state index is 0.301. The number of carbonyl (C=O) groups excluding carboxylic acids is 1. The van der Waals surface area contributed by atoms with E-state index in [-0.39, 0.29) is 11.9 Å². The third-order valence-electron chi connectivity index (χ3n) is 3.28. The lowest BCUT2D eigenvalue weighted by Gasteiger charge is -2.20. The van der Waals surface area contributed by atoms with Gasteiger partial charge in [-0.1, -0.05) is 24.3 Å². The molecular weight excluding hydrogens is 226 g/mol. The highest BCUT2D eigenvalue weighted by Crippen LogP contribution is 2.17. The van der Waals surface area contributed by atoms with Gasteiger partial charge >= 0.3 is 0 Å². The Morgan fingerprint density at radius 1 is 1.28 bits per heavy atom. The zero-order valence-electron chi connectivity index (χ0n) is 11.6. The first-order valence-electron chi connectivity index (χ1n) is 6.19. The van der Waals surface area contributed by atoms with E-state index in [1.807, 2.05) is 0 Å². The Kier molecular flexibility index (Phi) is 5.31. The van der Waals surface area contributed by atoms with E-state index in [1.54, 1.807) is 6.92 Å². The monoisotopic (exact) mass is 249 g/mol. The van der Waals surface area contributed by atoms with Crippen molar-refractivity contribution in [1.82, 2.24) is 10.2 Å². The second kappa shape index (κ2) is 6.52. The molecule has 4 heteroatoms. The van der Waals surface area contributed by atoms with Gasteiger partial charge in [-0.15, -0.1) is 0 Å². The zero-order chi connectivity index (χ0) is 13.7. The van der Waals surface area contributed by atoms with Crippen molar-refractivity contribution in [3.63, 3.8) is 0 Å². The van der Waals surface area contributed by atoms with Crippen LogP contribution in [-0.2, 0) is 11.3 Å². The summed E-state index contributed by atoms with van der Waals surface area (Å²) in [5, 5.41) is 3.08. The van der Waals surface area contributed by atoms with Crippen LogP contribution in [0.3, 0.4) is 0 Å². The largest absolute Gasteiger partial charge is 0.368 e. The van der Waals surface area contributed by atoms with E-state index in [4.69, 9.17) is 5.73 Å². The van der Waals surface area contributed by atoms with E-state index in [1.165, 1.54) is 5.56 Å². The van der Waals surface area contributed by atoms with E-state index < -0.39 is 0 Å². The molecule has 1 rings (SSSR count). The molecule has 18 heavy (non-hydrogen) atoms. The van der Waals surface area contributed by atoms with Crippen LogP contribution in [0.1, 0.15) is 31.0 Å². The quantitative estimate of drug-likeness (QED) is 0.798. The Balaban J connectivity index is 2.58. The molecule has 0 bridgehead atoms. The summed E-state index contributed by atoms with van der Waals surface area (Å²) in [5.41, 5.74) is 7.63. The molecule has 3 N–H and O–H groups in total. The van der Waals surface area contributed by atoms with Crippen LogP contribution < -0.4 is 11.1 Å². The number of hydrogen-bond donors (Lipinski definition) is 2. The first-order valence-corrected chi connectivity index (χ1v) is 6.19. The third-order valence-corrected chi connectivity index (χ3v) is 3.28. The standard InChI is InChI=1S/C14H23N3O/c1-10(14(15)18)16-9-12-5-7-13(8-6-12)11(2)17(3)4/h5-8,10-11,16H,9H2,1-4H3,(H2,15,18)/t10-,11?/m1/s1. The second-order valence-corrected chi connectivity index (χ2v) is 4.89. The Hall–Kier alpha value is -1.39. The molecule has 0 aromatic heterocycles. The van der Waals surface area contributed by atoms with Crippen LogP contribution in [0.2, 0.25) is 0 Å². The molecule has 0 saturated carbocycles. The molecule has 0 aliphatic rings. The SMILES string of the molecule is CC(c1ccc(CN[C@H](C)C(N)=O)cc1)N(C)C. The molecule has 1 unspecified atom stereocenters. The van der Waals surface area contributed by atoms with Gasteiger partial charge in [0.25, 0.3) is 0 Å². The summed E-state index contributed by atoms with van der Waals surface area (Å²) in [6.45, 7) is 4.59. The molecule has 0 aliphatic heterocycles. The Morgan fingerprint density at radius 2 is 1.83 bits per heavy atom. The number of nitrogens with one attached hydrogen (secondary N) is 1. The van der Waals surface area contributed by atoms with E-state index in [0.29, 0.717) is 12.6 Å². The number of amides is 1. The minimum Gasteiger partial charge on any atom is -0.368 e. The maximum Gasteiger partial charge on any atom is 0.234 e. The number of carbonyl (C=O) groups is 1. The number of primary amides is 1. The summed E-state index contributed by atoms with van der Waals surface area (Å²) in [6.07, 6.45) is 0. The molecule has 0 radical (unpaired) electrons. The molecule has 0 aliphatic carbocycles. The van der Waals surface area contributed by atoms with Crippen LogP contribution in [-0.4, -0.2) is 30.9 Å². The highest BCUT2D eigenvalue weighted by atomic mass is 16.1. The Labute approximate surface area is 109 Å². The van der Waals surface area contributed by atoms with Gasteiger partial charge in [0.15, 0.2) is 0 Å². The minimum atomic E-state index is -0.326. The van der Waals surface area contributed by atoms with Crippen molar-refractivity contribution in [3.05, 3.63) is 35.4 Å². The van der Waals surface area contributed by atoms with Gasteiger partial charge in [0, 0.05) is 12.6 Å². The lowest BCUT2D eigenvalue weighted by atomic mass is 10.1. The summed E-state index contributed by atoms with van der Waals surface area (Å²) in [5.74, 6) is -0.326. The van der Waals surface area contributed by atoms with Gasteiger partial charge < -0.3 is 16.0 Å². The van der Waals surface area contributed by atoms with Crippen molar-refractivity contribution < 1.29 is 4.79 Å². The summed E-state index contributed by atoms with van der Waals surface area (Å²) >= 11 is 0. The molecular formula is C14H23N3O. The lowest BCUT2D eigenvalue weighted by molar-refractivity contribution is -0.119. The van der Waals surface area contributed by atoms with Crippen molar-refractivity contribution in [2.24, 2.45) is 5.73 Å². The summed E-state index contributed by atoms with van der Waals surface area (Å²) in [6, 6.07) is 8.50. The molecule has 0 fully saturated rings. The van der Waals surface area contributed by atoms with Crippen LogP contribution in [0.25, 0.3) is 0 Å². The fourth-order valence-corrected chi connectivity index (χ4v) is 1.58. The Morgan fingerprint density at radius 3 is 2.28 bits per heavy atom. The fraction of sp³-hybridized carbons (Fsp3) is 0.500. The zero-order valence-corrected chi connectivity index (χ0v) is 11.6. The van der Waals surface area contributed by atoms with Gasteiger partial charge in [0.05, 0.1) is 6.04 Å². The predicted octanol–water partition coefficient (Wildman–Crippen LogP) is 1.27. The molecule has 0 spiro atoms. The number of rotatable bonds is 6. The van der Waals surface area contributed by atoms with Gasteiger partial charge in [-0.05, 0) is 39.1 Å². The molecule has 1 aromatic carbocycles. The average Bonchev–Trinajstić information content (AvgIpc) is 2.35. The van der Waals surface area contributed by atoms with E-state index in [2.05, 4.69) is 55.5 Å². The third kappa shape index (κ3) is 4.13. The van der Waals surface area contributed by atoms with Crippen LogP contribution in [0.15, 0.2) is 24.3 Å². The van der Waals surface area contributed by atoms with Crippen LogP contribution in [0, 0.1) is 0 Å². The van der Waals surface area contributed by atoms with Gasteiger partial charge in [-0.3, -0.25) is 4.79 Å². The van der Waals surface area contributed by atoms with Crippen molar-refractivity contribution in [1.29, 1.82) is 0 Å². The maximum atomic E-state index is 10.9. The number of hydrogen-bond acceptors (Lipinski definition) is 3. The van der Waals surface area contributed by atoms with Gasteiger partial charge in [-0.2, -0.15) is 0 Å². The van der Waals surface area contributed by atoms with Crippen molar-refractivity contribution in [3.8, 4) is 0 Å². The molecule has 0 heterocycles. The van der Waals surface area contributed by atoms with Gasteiger partial charge in [-0.25, -0.2) is 0 Å². The second-order valence-electron chi connectivity index (χ2n) is 4.89. The van der Waals surface area contributed by atoms with Crippen LogP contribution in [0.4, 0.5) is 0 Å². The number of nitrogens with zero attached hydrogens (tertiary/aromatic N) is 1. The number of nitrogens with two attached hydrogens (primary N) is 1. The highest BCUT2D eigenvalue weighted by molar-refractivity contribution is 5.79. The first-order chi connectivity index (χ1) is 8.41. The summed E-state index contributed by atoms with van der Waals surface area (Å²) in [4.78, 5) is 13.1.